The lowest BCUT2D eigenvalue weighted by atomic mass is 9.94. The van der Waals surface area contributed by atoms with Gasteiger partial charge in [-0.1, -0.05) is 30.7 Å². The first-order valence-electron chi connectivity index (χ1n) is 6.28. The van der Waals surface area contributed by atoms with Gasteiger partial charge in [0.15, 0.2) is 0 Å². The summed E-state index contributed by atoms with van der Waals surface area (Å²) >= 11 is 0. The van der Waals surface area contributed by atoms with Gasteiger partial charge in [-0.15, -0.1) is 0 Å². The first-order valence-corrected chi connectivity index (χ1v) is 6.28. The van der Waals surface area contributed by atoms with Crippen molar-refractivity contribution in [3.05, 3.63) is 35.4 Å². The average molecular weight is 219 g/mol. The Kier molecular flexibility index (Phi) is 4.37. The van der Waals surface area contributed by atoms with Crippen LogP contribution in [0.1, 0.15) is 30.4 Å². The molecule has 1 fully saturated rings. The number of nitrogens with one attached hydrogen (secondary N) is 1. The van der Waals surface area contributed by atoms with Crippen LogP contribution in [0.5, 0.6) is 0 Å². The molecule has 0 aliphatic carbocycles. The Hall–Kier alpha value is -0.860. The molecule has 0 aromatic heterocycles. The van der Waals surface area contributed by atoms with Crippen LogP contribution >= 0.6 is 0 Å². The molecule has 88 valence electrons. The van der Waals surface area contributed by atoms with Gasteiger partial charge in [0.1, 0.15) is 0 Å². The van der Waals surface area contributed by atoms with Crippen LogP contribution in [0.2, 0.25) is 0 Å². The van der Waals surface area contributed by atoms with Crippen LogP contribution in [0.3, 0.4) is 0 Å². The zero-order chi connectivity index (χ0) is 11.2. The van der Waals surface area contributed by atoms with E-state index in [-0.39, 0.29) is 6.61 Å². The van der Waals surface area contributed by atoms with E-state index in [4.69, 9.17) is 5.11 Å². The van der Waals surface area contributed by atoms with E-state index >= 15 is 0 Å². The summed E-state index contributed by atoms with van der Waals surface area (Å²) in [7, 11) is 0. The van der Waals surface area contributed by atoms with Crippen molar-refractivity contribution in [2.75, 3.05) is 13.1 Å². The smallest absolute Gasteiger partial charge is 0.0681 e. The number of rotatable bonds is 3. The molecule has 2 N–H and O–H groups in total. The first kappa shape index (κ1) is 11.6. The molecule has 1 heterocycles. The fourth-order valence-electron chi connectivity index (χ4n) is 2.38. The standard InChI is InChI=1S/C14H21NO/c16-11-13-6-4-12(5-7-13)9-14-3-1-2-8-15-10-14/h4-7,14-16H,1-3,8-11H2. The second-order valence-electron chi connectivity index (χ2n) is 4.74. The molecule has 2 rings (SSSR count). The van der Waals surface area contributed by atoms with Gasteiger partial charge in [-0.3, -0.25) is 0 Å². The number of hydrogen-bond acceptors (Lipinski definition) is 2. The zero-order valence-corrected chi connectivity index (χ0v) is 9.78. The maximum atomic E-state index is 8.98. The van der Waals surface area contributed by atoms with Crippen LogP contribution in [-0.2, 0) is 13.0 Å². The topological polar surface area (TPSA) is 32.3 Å². The maximum Gasteiger partial charge on any atom is 0.0681 e. The summed E-state index contributed by atoms with van der Waals surface area (Å²) in [6, 6.07) is 8.35. The monoisotopic (exact) mass is 219 g/mol. The molecule has 1 aromatic carbocycles. The molecule has 1 aromatic rings. The van der Waals surface area contributed by atoms with Gasteiger partial charge in [0.2, 0.25) is 0 Å². The maximum absolute atomic E-state index is 8.98. The molecule has 16 heavy (non-hydrogen) atoms. The summed E-state index contributed by atoms with van der Waals surface area (Å²) < 4.78 is 0. The summed E-state index contributed by atoms with van der Waals surface area (Å²) in [4.78, 5) is 0. The quantitative estimate of drug-likeness (QED) is 0.816. The van der Waals surface area contributed by atoms with Gasteiger partial charge in [-0.25, -0.2) is 0 Å². The summed E-state index contributed by atoms with van der Waals surface area (Å²) in [6.07, 6.45) is 5.18. The fourth-order valence-corrected chi connectivity index (χ4v) is 2.38. The molecule has 0 spiro atoms. The lowest BCUT2D eigenvalue weighted by Crippen LogP contribution is -2.21. The molecule has 0 radical (unpaired) electrons. The van der Waals surface area contributed by atoms with Crippen LogP contribution in [0.15, 0.2) is 24.3 Å². The van der Waals surface area contributed by atoms with Gasteiger partial charge >= 0.3 is 0 Å². The van der Waals surface area contributed by atoms with Crippen molar-refractivity contribution in [2.45, 2.75) is 32.3 Å². The summed E-state index contributed by atoms with van der Waals surface area (Å²) in [5.74, 6) is 0.780. The normalized spacial score (nSPS) is 21.7. The molecular weight excluding hydrogens is 198 g/mol. The van der Waals surface area contributed by atoms with E-state index in [1.54, 1.807) is 0 Å². The Morgan fingerprint density at radius 1 is 1.12 bits per heavy atom. The zero-order valence-electron chi connectivity index (χ0n) is 9.78. The van der Waals surface area contributed by atoms with E-state index < -0.39 is 0 Å². The Morgan fingerprint density at radius 2 is 1.88 bits per heavy atom. The van der Waals surface area contributed by atoms with Crippen LogP contribution in [0.4, 0.5) is 0 Å². The fraction of sp³-hybridized carbons (Fsp3) is 0.571. The molecule has 1 unspecified atom stereocenters. The van der Waals surface area contributed by atoms with Crippen molar-refractivity contribution < 1.29 is 5.11 Å². The van der Waals surface area contributed by atoms with Crippen molar-refractivity contribution in [2.24, 2.45) is 5.92 Å². The number of aliphatic hydroxyl groups excluding tert-OH is 1. The summed E-state index contributed by atoms with van der Waals surface area (Å²) in [6.45, 7) is 2.48. The van der Waals surface area contributed by atoms with Crippen molar-refractivity contribution >= 4 is 0 Å². The molecule has 1 aliphatic heterocycles. The minimum Gasteiger partial charge on any atom is -0.392 e. The lowest BCUT2D eigenvalue weighted by molar-refractivity contribution is 0.282. The Bertz CT molecular complexity index is 299. The van der Waals surface area contributed by atoms with Gasteiger partial charge in [-0.05, 0) is 49.4 Å². The highest BCUT2D eigenvalue weighted by molar-refractivity contribution is 5.22. The third kappa shape index (κ3) is 3.32. The van der Waals surface area contributed by atoms with Crippen molar-refractivity contribution in [3.63, 3.8) is 0 Å². The van der Waals surface area contributed by atoms with Crippen molar-refractivity contribution in [3.8, 4) is 0 Å². The predicted molar refractivity (Wildman–Crippen MR) is 66.3 cm³/mol. The molecule has 0 amide bonds. The number of hydrogen-bond donors (Lipinski definition) is 2. The third-order valence-electron chi connectivity index (χ3n) is 3.38. The van der Waals surface area contributed by atoms with Crippen LogP contribution in [0.25, 0.3) is 0 Å². The molecule has 1 atom stereocenters. The summed E-state index contributed by atoms with van der Waals surface area (Å²) in [5, 5.41) is 12.5. The van der Waals surface area contributed by atoms with Gasteiger partial charge in [0, 0.05) is 0 Å². The highest BCUT2D eigenvalue weighted by Crippen LogP contribution is 2.17. The second-order valence-corrected chi connectivity index (χ2v) is 4.74. The van der Waals surface area contributed by atoms with E-state index in [1.165, 1.54) is 37.8 Å². The predicted octanol–water partition coefficient (Wildman–Crippen LogP) is 2.11. The molecule has 0 saturated carbocycles. The Labute approximate surface area is 97.7 Å². The SMILES string of the molecule is OCc1ccc(CC2CCCCNC2)cc1. The molecule has 1 saturated heterocycles. The van der Waals surface area contributed by atoms with Crippen molar-refractivity contribution in [1.29, 1.82) is 0 Å². The minimum absolute atomic E-state index is 0.144. The van der Waals surface area contributed by atoms with E-state index in [9.17, 15) is 0 Å². The van der Waals surface area contributed by atoms with Gasteiger partial charge < -0.3 is 10.4 Å². The van der Waals surface area contributed by atoms with E-state index in [0.29, 0.717) is 0 Å². The molecule has 1 aliphatic rings. The highest BCUT2D eigenvalue weighted by Gasteiger charge is 2.12. The van der Waals surface area contributed by atoms with Gasteiger partial charge in [0.25, 0.3) is 0 Å². The number of benzene rings is 1. The van der Waals surface area contributed by atoms with Gasteiger partial charge in [-0.2, -0.15) is 0 Å². The average Bonchev–Trinajstić information content (AvgIpc) is 2.59. The molecule has 2 heteroatoms. The lowest BCUT2D eigenvalue weighted by Gasteiger charge is -2.14. The third-order valence-corrected chi connectivity index (χ3v) is 3.38. The van der Waals surface area contributed by atoms with E-state index in [0.717, 1.165) is 18.0 Å². The molecular formula is C14H21NO. The Morgan fingerprint density at radius 3 is 2.62 bits per heavy atom. The van der Waals surface area contributed by atoms with Crippen LogP contribution < -0.4 is 5.32 Å². The van der Waals surface area contributed by atoms with Crippen LogP contribution in [-0.4, -0.2) is 18.2 Å². The van der Waals surface area contributed by atoms with Crippen molar-refractivity contribution in [1.82, 2.24) is 5.32 Å². The molecule has 2 nitrogen and oxygen atoms in total. The first-order chi connectivity index (χ1) is 7.88. The van der Waals surface area contributed by atoms with Crippen LogP contribution in [0, 0.1) is 5.92 Å². The highest BCUT2D eigenvalue weighted by atomic mass is 16.3. The summed E-state index contributed by atoms with van der Waals surface area (Å²) in [5.41, 5.74) is 2.40. The minimum atomic E-state index is 0.144. The van der Waals surface area contributed by atoms with Gasteiger partial charge in [0.05, 0.1) is 6.61 Å². The molecule has 0 bridgehead atoms. The Balaban J connectivity index is 1.91. The largest absolute Gasteiger partial charge is 0.392 e. The van der Waals surface area contributed by atoms with E-state index in [1.807, 2.05) is 12.1 Å². The second kappa shape index (κ2) is 6.02. The van der Waals surface area contributed by atoms with E-state index in [2.05, 4.69) is 17.4 Å². The number of aliphatic hydroxyl groups is 1.